The highest BCUT2D eigenvalue weighted by Gasteiger charge is 2.12. The van der Waals surface area contributed by atoms with E-state index in [0.29, 0.717) is 28.6 Å². The summed E-state index contributed by atoms with van der Waals surface area (Å²) in [5.74, 6) is -0.819. The van der Waals surface area contributed by atoms with Gasteiger partial charge in [-0.3, -0.25) is 24.9 Å². The van der Waals surface area contributed by atoms with Gasteiger partial charge in [0.05, 0.1) is 24.0 Å². The van der Waals surface area contributed by atoms with Crippen molar-refractivity contribution < 1.29 is 9.18 Å². The lowest BCUT2D eigenvalue weighted by atomic mass is 10.2. The molecule has 0 aliphatic carbocycles. The fourth-order valence-electron chi connectivity index (χ4n) is 2.62. The Morgan fingerprint density at radius 1 is 1.10 bits per heavy atom. The van der Waals surface area contributed by atoms with Crippen molar-refractivity contribution >= 4 is 22.4 Å². The van der Waals surface area contributed by atoms with Gasteiger partial charge in [0.2, 0.25) is 0 Å². The number of rotatable bonds is 5. The van der Waals surface area contributed by atoms with E-state index >= 15 is 0 Å². The minimum Gasteiger partial charge on any atom is -0.310 e. The summed E-state index contributed by atoms with van der Waals surface area (Å²) >= 11 is 1.23. The highest BCUT2D eigenvalue weighted by molar-refractivity contribution is 7.14. The van der Waals surface area contributed by atoms with Crippen LogP contribution in [0.2, 0.25) is 0 Å². The van der Waals surface area contributed by atoms with E-state index in [0.717, 1.165) is 11.8 Å². The van der Waals surface area contributed by atoms with Crippen LogP contribution in [0.25, 0.3) is 11.4 Å². The Labute approximate surface area is 168 Å². The Kier molecular flexibility index (Phi) is 5.21. The van der Waals surface area contributed by atoms with E-state index in [2.05, 4.69) is 20.3 Å². The van der Waals surface area contributed by atoms with Gasteiger partial charge >= 0.3 is 0 Å². The number of halogens is 1. The number of anilines is 1. The van der Waals surface area contributed by atoms with Crippen molar-refractivity contribution in [3.8, 4) is 11.4 Å². The fourth-order valence-corrected chi connectivity index (χ4v) is 3.32. The normalized spacial score (nSPS) is 10.7. The fraction of sp³-hybridized carbons (Fsp3) is 0.0500. The minimum atomic E-state index is -0.431. The first-order valence-electron chi connectivity index (χ1n) is 8.57. The second kappa shape index (κ2) is 8.11. The van der Waals surface area contributed by atoms with Crippen molar-refractivity contribution in [3.63, 3.8) is 0 Å². The maximum atomic E-state index is 13.0. The Bertz CT molecular complexity index is 1210. The number of hydrogen-bond acceptors (Lipinski definition) is 6. The van der Waals surface area contributed by atoms with Gasteiger partial charge in [-0.25, -0.2) is 9.37 Å². The van der Waals surface area contributed by atoms with Crippen LogP contribution < -0.4 is 10.9 Å². The third-order valence-corrected chi connectivity index (χ3v) is 4.82. The van der Waals surface area contributed by atoms with Crippen LogP contribution >= 0.6 is 11.3 Å². The predicted molar refractivity (Wildman–Crippen MR) is 107 cm³/mol. The molecule has 0 aliphatic rings. The molecule has 0 fully saturated rings. The van der Waals surface area contributed by atoms with Gasteiger partial charge in [0, 0.05) is 30.0 Å². The molecule has 9 heteroatoms. The standard InChI is InChI=1S/C20H14FN5O2S/c21-15-2-3-16(23-9-15)17-12-29-20(24-17)25-19(28)14-1-4-18(27)26(11-14)10-13-5-7-22-8-6-13/h1-9,11-12H,10H2,(H,24,25,28). The van der Waals surface area contributed by atoms with E-state index in [1.54, 1.807) is 29.9 Å². The van der Waals surface area contributed by atoms with Crippen LogP contribution in [0.4, 0.5) is 9.52 Å². The Hall–Kier alpha value is -3.72. The van der Waals surface area contributed by atoms with E-state index in [4.69, 9.17) is 0 Å². The molecular weight excluding hydrogens is 393 g/mol. The molecule has 144 valence electrons. The largest absolute Gasteiger partial charge is 0.310 e. The van der Waals surface area contributed by atoms with Crippen LogP contribution in [-0.2, 0) is 6.54 Å². The molecule has 0 bridgehead atoms. The van der Waals surface area contributed by atoms with Gasteiger partial charge < -0.3 is 4.57 Å². The monoisotopic (exact) mass is 407 g/mol. The number of nitrogens with one attached hydrogen (secondary N) is 1. The zero-order valence-electron chi connectivity index (χ0n) is 14.9. The van der Waals surface area contributed by atoms with Crippen molar-refractivity contribution in [2.45, 2.75) is 6.54 Å². The average Bonchev–Trinajstić information content (AvgIpc) is 3.19. The molecule has 4 aromatic heterocycles. The molecule has 0 aromatic carbocycles. The van der Waals surface area contributed by atoms with Crippen LogP contribution in [0.3, 0.4) is 0 Å². The summed E-state index contributed by atoms with van der Waals surface area (Å²) in [5, 5.41) is 4.81. The number of nitrogens with zero attached hydrogens (tertiary/aromatic N) is 4. The van der Waals surface area contributed by atoms with Crippen molar-refractivity contribution in [3.05, 3.63) is 93.9 Å². The second-order valence-corrected chi connectivity index (χ2v) is 6.95. The molecule has 4 aromatic rings. The van der Waals surface area contributed by atoms with Gasteiger partial charge in [-0.05, 0) is 35.9 Å². The number of carbonyl (C=O) groups excluding carboxylic acids is 1. The van der Waals surface area contributed by atoms with Crippen LogP contribution in [-0.4, -0.2) is 25.4 Å². The van der Waals surface area contributed by atoms with Crippen LogP contribution in [0, 0.1) is 5.82 Å². The predicted octanol–water partition coefficient (Wildman–Crippen LogP) is 3.20. The molecule has 0 saturated heterocycles. The number of pyridine rings is 3. The number of amides is 1. The van der Waals surface area contributed by atoms with E-state index in [9.17, 15) is 14.0 Å². The van der Waals surface area contributed by atoms with Gasteiger partial charge in [0.15, 0.2) is 5.13 Å². The number of thiazole rings is 1. The van der Waals surface area contributed by atoms with Gasteiger partial charge in [-0.15, -0.1) is 11.3 Å². The molecule has 29 heavy (non-hydrogen) atoms. The number of hydrogen-bond donors (Lipinski definition) is 1. The molecule has 4 rings (SSSR count). The Balaban J connectivity index is 1.51. The summed E-state index contributed by atoms with van der Waals surface area (Å²) in [7, 11) is 0. The number of aromatic nitrogens is 4. The van der Waals surface area contributed by atoms with E-state index < -0.39 is 5.82 Å². The summed E-state index contributed by atoms with van der Waals surface area (Å²) in [5.41, 5.74) is 2.06. The molecule has 1 amide bonds. The van der Waals surface area contributed by atoms with Gasteiger partial charge in [-0.2, -0.15) is 0 Å². The lowest BCUT2D eigenvalue weighted by Crippen LogP contribution is -2.22. The van der Waals surface area contributed by atoms with Crippen LogP contribution in [0.5, 0.6) is 0 Å². The van der Waals surface area contributed by atoms with Crippen LogP contribution in [0.15, 0.2) is 71.4 Å². The molecule has 4 heterocycles. The highest BCUT2D eigenvalue weighted by Crippen LogP contribution is 2.23. The number of carbonyl (C=O) groups is 1. The summed E-state index contributed by atoms with van der Waals surface area (Å²) in [6, 6.07) is 9.25. The van der Waals surface area contributed by atoms with Gasteiger partial charge in [0.25, 0.3) is 11.5 Å². The van der Waals surface area contributed by atoms with Crippen molar-refractivity contribution in [1.29, 1.82) is 0 Å². The summed E-state index contributed by atoms with van der Waals surface area (Å²) < 4.78 is 14.5. The Morgan fingerprint density at radius 3 is 2.69 bits per heavy atom. The third-order valence-electron chi connectivity index (χ3n) is 4.06. The van der Waals surface area contributed by atoms with Crippen molar-refractivity contribution in [1.82, 2.24) is 19.5 Å². The van der Waals surface area contributed by atoms with Crippen molar-refractivity contribution in [2.24, 2.45) is 0 Å². The first-order valence-corrected chi connectivity index (χ1v) is 9.45. The molecule has 0 spiro atoms. The molecular formula is C20H14FN5O2S. The zero-order valence-corrected chi connectivity index (χ0v) is 15.8. The summed E-state index contributed by atoms with van der Waals surface area (Å²) in [4.78, 5) is 36.9. The second-order valence-electron chi connectivity index (χ2n) is 6.09. The summed E-state index contributed by atoms with van der Waals surface area (Å²) in [6.07, 6.45) is 5.91. The highest BCUT2D eigenvalue weighted by atomic mass is 32.1. The zero-order chi connectivity index (χ0) is 20.2. The van der Waals surface area contributed by atoms with Crippen LogP contribution in [0.1, 0.15) is 15.9 Å². The SMILES string of the molecule is O=C(Nc1nc(-c2ccc(F)cn2)cs1)c1ccc(=O)n(Cc2ccncc2)c1. The van der Waals surface area contributed by atoms with Crippen molar-refractivity contribution in [2.75, 3.05) is 5.32 Å². The lowest BCUT2D eigenvalue weighted by molar-refractivity contribution is 0.102. The molecule has 0 aliphatic heterocycles. The van der Waals surface area contributed by atoms with Gasteiger partial charge in [-0.1, -0.05) is 0 Å². The first kappa shape index (κ1) is 18.6. The molecule has 0 radical (unpaired) electrons. The molecule has 0 atom stereocenters. The molecule has 1 N–H and O–H groups in total. The smallest absolute Gasteiger partial charge is 0.258 e. The maximum absolute atomic E-state index is 13.0. The Morgan fingerprint density at radius 2 is 1.93 bits per heavy atom. The van der Waals surface area contributed by atoms with Gasteiger partial charge in [0.1, 0.15) is 11.5 Å². The quantitative estimate of drug-likeness (QED) is 0.549. The average molecular weight is 407 g/mol. The summed E-state index contributed by atoms with van der Waals surface area (Å²) in [6.45, 7) is 0.333. The lowest BCUT2D eigenvalue weighted by Gasteiger charge is -2.08. The minimum absolute atomic E-state index is 0.211. The molecule has 0 saturated carbocycles. The first-order chi connectivity index (χ1) is 14.1. The topological polar surface area (TPSA) is 89.8 Å². The van der Waals surface area contributed by atoms with E-state index in [1.165, 1.54) is 46.4 Å². The maximum Gasteiger partial charge on any atom is 0.258 e. The third kappa shape index (κ3) is 4.41. The molecule has 7 nitrogen and oxygen atoms in total. The van der Waals surface area contributed by atoms with E-state index in [-0.39, 0.29) is 11.5 Å². The van der Waals surface area contributed by atoms with E-state index in [1.807, 2.05) is 0 Å². The molecule has 0 unspecified atom stereocenters.